The fourth-order valence-corrected chi connectivity index (χ4v) is 2.27. The van der Waals surface area contributed by atoms with Crippen molar-refractivity contribution in [3.8, 4) is 0 Å². The Hall–Kier alpha value is -0.160. The Bertz CT molecular complexity index is 181. The first-order chi connectivity index (χ1) is 7.70. The summed E-state index contributed by atoms with van der Waals surface area (Å²) in [5.41, 5.74) is 0.308. The van der Waals surface area contributed by atoms with E-state index in [2.05, 4.69) is 11.8 Å². The maximum atomic E-state index is 9.02. The third-order valence-corrected chi connectivity index (χ3v) is 3.35. The maximum Gasteiger partial charge on any atom is 0.0558 e. The Morgan fingerprint density at radius 3 is 2.38 bits per heavy atom. The lowest BCUT2D eigenvalue weighted by molar-refractivity contribution is 0.00197. The lowest BCUT2D eigenvalue weighted by Crippen LogP contribution is -2.41. The van der Waals surface area contributed by atoms with Gasteiger partial charge in [-0.15, -0.1) is 0 Å². The molecule has 0 atom stereocenters. The van der Waals surface area contributed by atoms with E-state index in [0.717, 1.165) is 45.6 Å². The van der Waals surface area contributed by atoms with Crippen molar-refractivity contribution in [2.24, 2.45) is 5.41 Å². The van der Waals surface area contributed by atoms with Crippen molar-refractivity contribution in [2.75, 3.05) is 46.1 Å². The number of aliphatic hydroxyl groups is 2. The molecule has 0 aromatic carbocycles. The van der Waals surface area contributed by atoms with E-state index >= 15 is 0 Å². The van der Waals surface area contributed by atoms with Crippen molar-refractivity contribution in [2.45, 2.75) is 26.2 Å². The summed E-state index contributed by atoms with van der Waals surface area (Å²) in [4.78, 5) is 2.25. The van der Waals surface area contributed by atoms with Gasteiger partial charge in [0, 0.05) is 39.5 Å². The molecule has 1 rings (SSSR count). The Kier molecular flexibility index (Phi) is 6.28. The highest BCUT2D eigenvalue weighted by atomic mass is 16.5. The predicted molar refractivity (Wildman–Crippen MR) is 63.4 cm³/mol. The summed E-state index contributed by atoms with van der Waals surface area (Å²) >= 11 is 0. The summed E-state index contributed by atoms with van der Waals surface area (Å²) < 4.78 is 5.38. The first-order valence-electron chi connectivity index (χ1n) is 6.22. The van der Waals surface area contributed by atoms with Gasteiger partial charge in [-0.2, -0.15) is 0 Å². The summed E-state index contributed by atoms with van der Waals surface area (Å²) in [6, 6.07) is 0. The first kappa shape index (κ1) is 13.9. The van der Waals surface area contributed by atoms with Gasteiger partial charge in [0.05, 0.1) is 6.61 Å². The third kappa shape index (κ3) is 4.78. The van der Waals surface area contributed by atoms with Gasteiger partial charge in [-0.25, -0.2) is 0 Å². The molecule has 1 heterocycles. The minimum atomic E-state index is 0.192. The van der Waals surface area contributed by atoms with Gasteiger partial charge >= 0.3 is 0 Å². The minimum absolute atomic E-state index is 0.192. The second kappa shape index (κ2) is 7.22. The van der Waals surface area contributed by atoms with E-state index in [1.54, 1.807) is 0 Å². The van der Waals surface area contributed by atoms with E-state index in [0.29, 0.717) is 12.0 Å². The molecular formula is C12H25NO3. The molecule has 1 aliphatic heterocycles. The normalized spacial score (nSPS) is 20.2. The van der Waals surface area contributed by atoms with E-state index in [1.807, 2.05) is 0 Å². The predicted octanol–water partition coefficient (Wildman–Crippen LogP) is 0.480. The number of hydrogen-bond donors (Lipinski definition) is 2. The number of nitrogens with zero attached hydrogens (tertiary/aromatic N) is 1. The van der Waals surface area contributed by atoms with Gasteiger partial charge in [-0.3, -0.25) is 0 Å². The highest BCUT2D eigenvalue weighted by molar-refractivity contribution is 4.81. The zero-order valence-electron chi connectivity index (χ0n) is 10.3. The van der Waals surface area contributed by atoms with Crippen LogP contribution in [-0.4, -0.2) is 61.2 Å². The number of hydrogen-bond acceptors (Lipinski definition) is 4. The molecule has 0 aromatic rings. The van der Waals surface area contributed by atoms with Crippen LogP contribution < -0.4 is 0 Å². The average molecular weight is 231 g/mol. The van der Waals surface area contributed by atoms with Gasteiger partial charge in [-0.1, -0.05) is 6.92 Å². The Balaban J connectivity index is 2.38. The van der Waals surface area contributed by atoms with Crippen LogP contribution >= 0.6 is 0 Å². The molecule has 1 saturated heterocycles. The van der Waals surface area contributed by atoms with Crippen molar-refractivity contribution in [3.63, 3.8) is 0 Å². The highest BCUT2D eigenvalue weighted by Gasteiger charge is 2.29. The van der Waals surface area contributed by atoms with Crippen LogP contribution in [0.3, 0.4) is 0 Å². The van der Waals surface area contributed by atoms with Gasteiger partial charge in [0.15, 0.2) is 0 Å². The van der Waals surface area contributed by atoms with E-state index in [4.69, 9.17) is 14.9 Å². The van der Waals surface area contributed by atoms with Crippen molar-refractivity contribution in [3.05, 3.63) is 0 Å². The Morgan fingerprint density at radius 2 is 1.81 bits per heavy atom. The van der Waals surface area contributed by atoms with Crippen LogP contribution in [0.1, 0.15) is 26.2 Å². The standard InChI is InChI=1S/C12H25NO3/c1-12(3-9-16-10-4-12)11-13(6-8-15)5-2-7-14/h14-15H,2-11H2,1H3. The van der Waals surface area contributed by atoms with E-state index in [9.17, 15) is 0 Å². The van der Waals surface area contributed by atoms with Gasteiger partial charge < -0.3 is 19.8 Å². The van der Waals surface area contributed by atoms with Crippen molar-refractivity contribution in [1.29, 1.82) is 0 Å². The zero-order valence-corrected chi connectivity index (χ0v) is 10.3. The van der Waals surface area contributed by atoms with Crippen LogP contribution in [0.25, 0.3) is 0 Å². The molecule has 0 amide bonds. The molecule has 0 saturated carbocycles. The fraction of sp³-hybridized carbons (Fsp3) is 1.00. The number of ether oxygens (including phenoxy) is 1. The fourth-order valence-electron chi connectivity index (χ4n) is 2.27. The molecule has 0 radical (unpaired) electrons. The van der Waals surface area contributed by atoms with Gasteiger partial charge in [-0.05, 0) is 24.7 Å². The Labute approximate surface area is 98.2 Å². The monoisotopic (exact) mass is 231 g/mol. The number of aliphatic hydroxyl groups excluding tert-OH is 2. The van der Waals surface area contributed by atoms with Crippen LogP contribution in [-0.2, 0) is 4.74 Å². The zero-order chi connectivity index (χ0) is 11.9. The molecule has 16 heavy (non-hydrogen) atoms. The summed E-state index contributed by atoms with van der Waals surface area (Å²) in [6.07, 6.45) is 2.97. The van der Waals surface area contributed by atoms with Crippen molar-refractivity contribution in [1.82, 2.24) is 4.90 Å². The van der Waals surface area contributed by atoms with Crippen LogP contribution in [0.15, 0.2) is 0 Å². The van der Waals surface area contributed by atoms with Crippen LogP contribution in [0.5, 0.6) is 0 Å². The van der Waals surface area contributed by atoms with E-state index in [-0.39, 0.29) is 13.2 Å². The molecule has 0 spiro atoms. The molecule has 1 aliphatic rings. The molecule has 0 unspecified atom stereocenters. The summed E-state index contributed by atoms with van der Waals surface area (Å²) in [5, 5.41) is 17.9. The largest absolute Gasteiger partial charge is 0.396 e. The molecule has 0 aromatic heterocycles. The van der Waals surface area contributed by atoms with Gasteiger partial charge in [0.1, 0.15) is 0 Å². The smallest absolute Gasteiger partial charge is 0.0558 e. The lowest BCUT2D eigenvalue weighted by Gasteiger charge is -2.38. The summed E-state index contributed by atoms with van der Waals surface area (Å²) in [6.45, 7) is 6.98. The van der Waals surface area contributed by atoms with E-state index in [1.165, 1.54) is 0 Å². The molecule has 1 fully saturated rings. The average Bonchev–Trinajstić information content (AvgIpc) is 2.27. The SMILES string of the molecule is CC1(CN(CCO)CCCO)CCOCC1. The topological polar surface area (TPSA) is 52.9 Å². The van der Waals surface area contributed by atoms with Gasteiger partial charge in [0.25, 0.3) is 0 Å². The summed E-state index contributed by atoms with van der Waals surface area (Å²) in [5.74, 6) is 0. The molecule has 2 N–H and O–H groups in total. The number of rotatable bonds is 7. The molecule has 4 nitrogen and oxygen atoms in total. The van der Waals surface area contributed by atoms with Crippen LogP contribution in [0, 0.1) is 5.41 Å². The molecule has 0 aliphatic carbocycles. The van der Waals surface area contributed by atoms with Crippen molar-refractivity contribution < 1.29 is 14.9 Å². The second-order valence-corrected chi connectivity index (χ2v) is 5.00. The summed E-state index contributed by atoms with van der Waals surface area (Å²) in [7, 11) is 0. The highest BCUT2D eigenvalue weighted by Crippen LogP contribution is 2.30. The molecular weight excluding hydrogens is 206 g/mol. The second-order valence-electron chi connectivity index (χ2n) is 5.00. The van der Waals surface area contributed by atoms with Crippen LogP contribution in [0.2, 0.25) is 0 Å². The quantitative estimate of drug-likeness (QED) is 0.669. The Morgan fingerprint density at radius 1 is 1.12 bits per heavy atom. The maximum absolute atomic E-state index is 9.02. The lowest BCUT2D eigenvalue weighted by atomic mass is 9.82. The van der Waals surface area contributed by atoms with Crippen LogP contribution in [0.4, 0.5) is 0 Å². The van der Waals surface area contributed by atoms with Crippen molar-refractivity contribution >= 4 is 0 Å². The third-order valence-electron chi connectivity index (χ3n) is 3.35. The minimum Gasteiger partial charge on any atom is -0.396 e. The van der Waals surface area contributed by atoms with Gasteiger partial charge in [0.2, 0.25) is 0 Å². The molecule has 0 bridgehead atoms. The molecule has 96 valence electrons. The van der Waals surface area contributed by atoms with E-state index < -0.39 is 0 Å². The molecule has 4 heteroatoms. The first-order valence-corrected chi connectivity index (χ1v) is 6.22.